The van der Waals surface area contributed by atoms with Gasteiger partial charge in [0.1, 0.15) is 24.2 Å². The molecular weight excluding hydrogens is 770 g/mol. The quantitative estimate of drug-likeness (QED) is 0.0887. The lowest BCUT2D eigenvalue weighted by atomic mass is 9.79. The van der Waals surface area contributed by atoms with E-state index >= 15 is 0 Å². The molecule has 1 amide bonds. The molecule has 4 aliphatic rings. The first-order valence-electron chi connectivity index (χ1n) is 21.1. The van der Waals surface area contributed by atoms with Gasteiger partial charge in [-0.15, -0.1) is 0 Å². The summed E-state index contributed by atoms with van der Waals surface area (Å²) in [6, 6.07) is -1.27. The minimum absolute atomic E-state index is 0.0331. The van der Waals surface area contributed by atoms with Crippen LogP contribution in [0.4, 0.5) is 0 Å². The number of Topliss-reactive ketones (excluding diaryl/α,β-unsaturated/α-hetero) is 2. The molecular formula is C43H65NO15. The molecule has 3 heterocycles. The van der Waals surface area contributed by atoms with Gasteiger partial charge in [-0.1, -0.05) is 31.6 Å². The maximum Gasteiger partial charge on any atom is 0.329 e. The van der Waals surface area contributed by atoms with E-state index in [1.54, 1.807) is 26.8 Å². The molecule has 2 saturated heterocycles. The summed E-state index contributed by atoms with van der Waals surface area (Å²) in [5, 5.41) is 65.5. The van der Waals surface area contributed by atoms with E-state index < -0.39 is 114 Å². The number of carbonyl (C=O) groups is 6. The van der Waals surface area contributed by atoms with Crippen LogP contribution in [0.25, 0.3) is 0 Å². The number of amides is 1. The fraction of sp³-hybridized carbons (Fsp3) is 0.767. The molecule has 6 N–H and O–H groups in total. The number of ketones is 2. The number of allylic oxidation sites excluding steroid dienone is 2. The van der Waals surface area contributed by atoms with Gasteiger partial charge in [-0.25, -0.2) is 4.79 Å². The Morgan fingerprint density at radius 2 is 1.69 bits per heavy atom. The number of hydrogen-bond acceptors (Lipinski definition) is 14. The van der Waals surface area contributed by atoms with Crippen LogP contribution in [0.5, 0.6) is 0 Å². The molecule has 16 heteroatoms. The highest BCUT2D eigenvalue weighted by Crippen LogP contribution is 2.39. The third-order valence-corrected chi connectivity index (χ3v) is 12.8. The molecule has 0 unspecified atom stereocenters. The summed E-state index contributed by atoms with van der Waals surface area (Å²) in [5.74, 6) is -11.6. The molecule has 0 spiro atoms. The number of aliphatic carboxylic acids is 1. The summed E-state index contributed by atoms with van der Waals surface area (Å²) in [4.78, 5) is 80.9. The summed E-state index contributed by atoms with van der Waals surface area (Å²) >= 11 is 0. The summed E-state index contributed by atoms with van der Waals surface area (Å²) in [7, 11) is 1.51. The zero-order valence-corrected chi connectivity index (χ0v) is 34.9. The van der Waals surface area contributed by atoms with E-state index in [1.165, 1.54) is 14.0 Å². The smallest absolute Gasteiger partial charge is 0.329 e. The predicted octanol–water partition coefficient (Wildman–Crippen LogP) is 2.19. The van der Waals surface area contributed by atoms with E-state index in [2.05, 4.69) is 0 Å². The Kier molecular flexibility index (Phi) is 17.5. The Hall–Kier alpha value is -3.38. The van der Waals surface area contributed by atoms with Gasteiger partial charge in [0.2, 0.25) is 5.79 Å². The van der Waals surface area contributed by atoms with Crippen molar-refractivity contribution in [3.8, 4) is 0 Å². The third-order valence-electron chi connectivity index (χ3n) is 12.8. The van der Waals surface area contributed by atoms with Gasteiger partial charge in [-0.2, -0.15) is 0 Å². The molecule has 0 aromatic carbocycles. The molecule has 1 aliphatic carbocycles. The van der Waals surface area contributed by atoms with Gasteiger partial charge in [-0.3, -0.25) is 19.2 Å². The normalized spacial score (nSPS) is 39.9. The number of ether oxygens (including phenoxy) is 3. The summed E-state index contributed by atoms with van der Waals surface area (Å²) in [6.45, 7) is 6.40. The lowest BCUT2D eigenvalue weighted by molar-refractivity contribution is -0.286. The largest absolute Gasteiger partial charge is 0.481 e. The van der Waals surface area contributed by atoms with Crippen LogP contribution in [0, 0.1) is 29.6 Å². The maximum atomic E-state index is 14.3. The summed E-state index contributed by atoms with van der Waals surface area (Å²) in [6.07, 6.45) is -2.16. The van der Waals surface area contributed by atoms with Crippen molar-refractivity contribution in [1.82, 2.24) is 4.90 Å². The number of piperidine rings is 1. The molecule has 3 aliphatic heterocycles. The number of cyclic esters (lactones) is 1. The molecule has 59 heavy (non-hydrogen) atoms. The highest BCUT2D eigenvalue weighted by molar-refractivity contribution is 6.39. The second kappa shape index (κ2) is 21.4. The van der Waals surface area contributed by atoms with Gasteiger partial charge in [0.25, 0.3) is 11.7 Å². The molecule has 0 aromatic heterocycles. The molecule has 3 fully saturated rings. The van der Waals surface area contributed by atoms with E-state index in [1.807, 2.05) is 6.08 Å². The van der Waals surface area contributed by atoms with Crippen molar-refractivity contribution in [3.05, 3.63) is 23.3 Å². The van der Waals surface area contributed by atoms with Crippen molar-refractivity contribution >= 4 is 35.7 Å². The van der Waals surface area contributed by atoms with Gasteiger partial charge in [-0.05, 0) is 89.5 Å². The molecule has 0 radical (unpaired) electrons. The topological polar surface area (TPSA) is 255 Å². The number of esters is 1. The Morgan fingerprint density at radius 3 is 2.36 bits per heavy atom. The maximum absolute atomic E-state index is 14.3. The van der Waals surface area contributed by atoms with Crippen molar-refractivity contribution in [2.45, 2.75) is 166 Å². The number of nitrogens with zero attached hydrogens (tertiary/aromatic N) is 1. The van der Waals surface area contributed by atoms with E-state index in [-0.39, 0.29) is 57.4 Å². The van der Waals surface area contributed by atoms with Crippen LogP contribution in [-0.4, -0.2) is 139 Å². The number of hydrogen-bond donors (Lipinski definition) is 6. The van der Waals surface area contributed by atoms with Crippen LogP contribution in [-0.2, 0) is 43.0 Å². The van der Waals surface area contributed by atoms with E-state index in [0.29, 0.717) is 49.5 Å². The number of aliphatic hydroxyl groups is 5. The van der Waals surface area contributed by atoms with Crippen LogP contribution in [0.3, 0.4) is 0 Å². The molecule has 1 saturated carbocycles. The fourth-order valence-corrected chi connectivity index (χ4v) is 9.26. The van der Waals surface area contributed by atoms with Crippen molar-refractivity contribution in [3.63, 3.8) is 0 Å². The first-order chi connectivity index (χ1) is 27.8. The molecule has 332 valence electrons. The number of aldehydes is 1. The Labute approximate surface area is 345 Å². The van der Waals surface area contributed by atoms with Gasteiger partial charge in [0.05, 0.1) is 36.6 Å². The summed E-state index contributed by atoms with van der Waals surface area (Å²) in [5.41, 5.74) is 1.07. The fourth-order valence-electron chi connectivity index (χ4n) is 9.26. The second-order valence-electron chi connectivity index (χ2n) is 17.4. The Morgan fingerprint density at radius 1 is 0.983 bits per heavy atom. The average Bonchev–Trinajstić information content (AvgIpc) is 3.19. The predicted molar refractivity (Wildman–Crippen MR) is 210 cm³/mol. The third kappa shape index (κ3) is 12.1. The van der Waals surface area contributed by atoms with Crippen LogP contribution in [0.2, 0.25) is 0 Å². The molecule has 0 aromatic rings. The lowest BCUT2D eigenvalue weighted by Crippen LogP contribution is -2.63. The number of methoxy groups -OCH3 is 1. The van der Waals surface area contributed by atoms with E-state index in [9.17, 15) is 59.4 Å². The molecule has 2 bridgehead atoms. The monoisotopic (exact) mass is 835 g/mol. The van der Waals surface area contributed by atoms with Crippen molar-refractivity contribution in [2.75, 3.05) is 13.7 Å². The van der Waals surface area contributed by atoms with Gasteiger partial charge < -0.3 is 54.5 Å². The first-order valence-corrected chi connectivity index (χ1v) is 21.1. The molecule has 16 nitrogen and oxygen atoms in total. The number of rotatable bonds is 8. The van der Waals surface area contributed by atoms with Crippen LogP contribution >= 0.6 is 0 Å². The van der Waals surface area contributed by atoms with Crippen molar-refractivity contribution in [2.24, 2.45) is 29.6 Å². The van der Waals surface area contributed by atoms with Crippen LogP contribution in [0.15, 0.2) is 23.3 Å². The zero-order chi connectivity index (χ0) is 43.8. The number of carbonyl (C=O) groups excluding carboxylic acids is 5. The van der Waals surface area contributed by atoms with Gasteiger partial charge in [0, 0.05) is 56.6 Å². The van der Waals surface area contributed by atoms with E-state index in [4.69, 9.17) is 14.2 Å². The highest BCUT2D eigenvalue weighted by Gasteiger charge is 2.56. The van der Waals surface area contributed by atoms with Crippen molar-refractivity contribution < 1.29 is 73.6 Å². The lowest BCUT2D eigenvalue weighted by Gasteiger charge is -2.45. The number of carboxylic acid groups (broad SMARTS) is 1. The van der Waals surface area contributed by atoms with E-state index in [0.717, 1.165) is 4.90 Å². The Balaban J connectivity index is 1.77. The number of fused-ring (bicyclic) bond motifs is 3. The van der Waals surface area contributed by atoms with Gasteiger partial charge >= 0.3 is 11.9 Å². The minimum Gasteiger partial charge on any atom is -0.481 e. The first kappa shape index (κ1) is 48.3. The van der Waals surface area contributed by atoms with Gasteiger partial charge in [0.15, 0.2) is 0 Å². The molecule has 4 rings (SSSR count). The standard InChI is InChI=1S/C43H65NO15/c1-23-15-28(9-8-11-37(51)52)34(49)21-33(48)26(4)38(24(2)17-27-12-13-32(47)36(19-27)57-5)58-42(55)31-10-6-7-14-44(31)41(54)40(53)43(56)25(3)18-29(22-45)39(59-43)35(50)20-30(46)16-23/h15,17,22,25-33,35-36,38-39,46-48,50,56H,6-14,16,18-21H2,1-5H3,(H,51,52)/b23-15+,24-17+/t25-,26-,27+,28-,29-,30+,31+,32-,33+,35+,36-,38-,39+,43-/m1/s1. The van der Waals surface area contributed by atoms with Crippen molar-refractivity contribution in [1.29, 1.82) is 0 Å². The average molecular weight is 836 g/mol. The zero-order valence-electron chi connectivity index (χ0n) is 34.9. The van der Waals surface area contributed by atoms with Crippen LogP contribution in [0.1, 0.15) is 111 Å². The second-order valence-corrected chi connectivity index (χ2v) is 17.4. The number of carboxylic acids is 1. The van der Waals surface area contributed by atoms with Crippen LogP contribution < -0.4 is 0 Å². The molecule has 14 atom stereocenters. The highest BCUT2D eigenvalue weighted by atomic mass is 16.6. The SMILES string of the molecule is CO[C@@H]1C[C@H](/C=C(\C)[C@H]2OC(=O)[C@@H]3CCCCN3C(=O)C(=O)[C@]3(O)O[C@H]([C@@H](O)C[C@@H](O)C/C(C)=C/[C@@H](CCCC(=O)O)C(=O)C[C@H](O)[C@H]2C)[C@@H](C=O)C[C@H]3C)CC[C@H]1O. The summed E-state index contributed by atoms with van der Waals surface area (Å²) < 4.78 is 17.5. The minimum atomic E-state index is -2.79. The number of aliphatic hydroxyl groups excluding tert-OH is 4. The Bertz CT molecular complexity index is 1580.